The van der Waals surface area contributed by atoms with Gasteiger partial charge >= 0.3 is 5.97 Å². The number of hydrogen-bond acceptors (Lipinski definition) is 6. The van der Waals surface area contributed by atoms with Gasteiger partial charge in [0.05, 0.1) is 17.4 Å². The van der Waals surface area contributed by atoms with Gasteiger partial charge in [-0.1, -0.05) is 5.21 Å². The van der Waals surface area contributed by atoms with Crippen molar-refractivity contribution in [3.05, 3.63) is 28.6 Å². The van der Waals surface area contributed by atoms with Crippen molar-refractivity contribution >= 4 is 37.6 Å². The van der Waals surface area contributed by atoms with E-state index in [1.54, 1.807) is 0 Å². The number of hydrogen-bond donors (Lipinski definition) is 2. The number of pyridine rings is 1. The van der Waals surface area contributed by atoms with Gasteiger partial charge in [-0.05, 0) is 22.0 Å². The Bertz CT molecular complexity index is 753. The number of sulfonamides is 1. The van der Waals surface area contributed by atoms with Gasteiger partial charge in [0, 0.05) is 13.2 Å². The van der Waals surface area contributed by atoms with E-state index in [1.807, 2.05) is 0 Å². The quantitative estimate of drug-likeness (QED) is 0.809. The number of halogens is 1. The van der Waals surface area contributed by atoms with Crippen LogP contribution in [0.15, 0.2) is 28.1 Å². The van der Waals surface area contributed by atoms with E-state index in [9.17, 15) is 13.2 Å². The Kier molecular flexibility index (Phi) is 3.72. The molecule has 2 N–H and O–H groups in total. The molecule has 0 bridgehead atoms. The minimum Gasteiger partial charge on any atom is -0.478 e. The summed E-state index contributed by atoms with van der Waals surface area (Å²) < 4.78 is 27.7. The van der Waals surface area contributed by atoms with Gasteiger partial charge in [-0.15, -0.1) is 5.10 Å². The molecule has 0 spiro atoms. The fraction of sp³-hybridized carbons (Fsp3) is 0.111. The van der Waals surface area contributed by atoms with Gasteiger partial charge < -0.3 is 5.11 Å². The number of carboxylic acids is 1. The molecular weight excluding hydrogens is 354 g/mol. The molecule has 9 nitrogen and oxygen atoms in total. The first-order valence-corrected chi connectivity index (χ1v) is 7.35. The number of rotatable bonds is 4. The molecule has 11 heteroatoms. The molecule has 0 aliphatic heterocycles. The summed E-state index contributed by atoms with van der Waals surface area (Å²) in [6.45, 7) is 0. The third-order valence-corrected chi connectivity index (χ3v) is 4.50. The van der Waals surface area contributed by atoms with E-state index in [2.05, 4.69) is 35.9 Å². The largest absolute Gasteiger partial charge is 0.478 e. The van der Waals surface area contributed by atoms with Crippen LogP contribution in [0, 0.1) is 0 Å². The number of carbonyl (C=O) groups is 1. The zero-order chi connectivity index (χ0) is 14.9. The fourth-order valence-electron chi connectivity index (χ4n) is 1.42. The van der Waals surface area contributed by atoms with Gasteiger partial charge in [0.15, 0.2) is 4.60 Å². The van der Waals surface area contributed by atoms with Gasteiger partial charge in [-0.25, -0.2) is 9.48 Å². The third kappa shape index (κ3) is 2.77. The van der Waals surface area contributed by atoms with Crippen LogP contribution in [0.4, 0.5) is 5.69 Å². The Labute approximate surface area is 121 Å². The summed E-state index contributed by atoms with van der Waals surface area (Å²) >= 11 is 2.98. The van der Waals surface area contributed by atoms with E-state index >= 15 is 0 Å². The SMILES string of the molecule is Cn1nnc(Br)c1S(=O)(=O)Nc1cncc(C(=O)O)c1. The first-order valence-electron chi connectivity index (χ1n) is 5.07. The van der Waals surface area contributed by atoms with Crippen molar-refractivity contribution in [2.24, 2.45) is 7.05 Å². The maximum absolute atomic E-state index is 12.2. The molecule has 0 atom stereocenters. The molecule has 106 valence electrons. The predicted molar refractivity (Wildman–Crippen MR) is 70.7 cm³/mol. The molecule has 0 amide bonds. The number of nitrogens with one attached hydrogen (secondary N) is 1. The van der Waals surface area contributed by atoms with E-state index in [0.717, 1.165) is 16.9 Å². The smallest absolute Gasteiger partial charge is 0.337 e. The van der Waals surface area contributed by atoms with Crippen LogP contribution < -0.4 is 4.72 Å². The lowest BCUT2D eigenvalue weighted by Gasteiger charge is -2.08. The monoisotopic (exact) mass is 361 g/mol. The Hall–Kier alpha value is -2.01. The van der Waals surface area contributed by atoms with Gasteiger partial charge in [-0.3, -0.25) is 9.71 Å². The Morgan fingerprint density at radius 2 is 2.15 bits per heavy atom. The maximum atomic E-state index is 12.2. The highest BCUT2D eigenvalue weighted by Gasteiger charge is 2.24. The van der Waals surface area contributed by atoms with Crippen molar-refractivity contribution in [2.45, 2.75) is 5.03 Å². The van der Waals surface area contributed by atoms with E-state index in [0.29, 0.717) is 0 Å². The first kappa shape index (κ1) is 14.4. The van der Waals surface area contributed by atoms with Crippen LogP contribution in [0.25, 0.3) is 0 Å². The van der Waals surface area contributed by atoms with Crippen molar-refractivity contribution in [2.75, 3.05) is 4.72 Å². The van der Waals surface area contributed by atoms with E-state index < -0.39 is 16.0 Å². The van der Waals surface area contributed by atoms with Gasteiger partial charge in [-0.2, -0.15) is 8.42 Å². The summed E-state index contributed by atoms with van der Waals surface area (Å²) in [7, 11) is -2.55. The van der Waals surface area contributed by atoms with Crippen molar-refractivity contribution in [1.29, 1.82) is 0 Å². The molecule has 0 aromatic carbocycles. The van der Waals surface area contributed by atoms with Gasteiger partial charge in [0.2, 0.25) is 5.03 Å². The highest BCUT2D eigenvalue weighted by Crippen LogP contribution is 2.21. The lowest BCUT2D eigenvalue weighted by Crippen LogP contribution is -2.17. The molecule has 0 fully saturated rings. The molecule has 0 aliphatic rings. The number of anilines is 1. The standard InChI is InChI=1S/C9H8BrN5O4S/c1-15-8(7(10)12-14-15)20(18,19)13-6-2-5(9(16)17)3-11-4-6/h2-4,13H,1H3,(H,16,17). The van der Waals surface area contributed by atoms with Crippen LogP contribution in [-0.4, -0.2) is 39.5 Å². The molecule has 2 aromatic heterocycles. The number of aromatic carboxylic acids is 1. The first-order chi connectivity index (χ1) is 9.31. The summed E-state index contributed by atoms with van der Waals surface area (Å²) in [5.74, 6) is -1.21. The zero-order valence-corrected chi connectivity index (χ0v) is 12.4. The second-order valence-electron chi connectivity index (χ2n) is 3.68. The molecule has 2 rings (SSSR count). The van der Waals surface area contributed by atoms with Gasteiger partial charge in [0.1, 0.15) is 0 Å². The molecule has 2 aromatic rings. The van der Waals surface area contributed by atoms with Crippen LogP contribution in [0.1, 0.15) is 10.4 Å². The normalized spacial score (nSPS) is 11.3. The summed E-state index contributed by atoms with van der Waals surface area (Å²) in [6, 6.07) is 1.16. The second kappa shape index (κ2) is 5.17. The van der Waals surface area contributed by atoms with E-state index in [4.69, 9.17) is 5.11 Å². The molecule has 0 radical (unpaired) electrons. The highest BCUT2D eigenvalue weighted by molar-refractivity contribution is 9.10. The van der Waals surface area contributed by atoms with Crippen LogP contribution >= 0.6 is 15.9 Å². The number of aryl methyl sites for hydroxylation is 1. The van der Waals surface area contributed by atoms with E-state index in [-0.39, 0.29) is 20.9 Å². The molecular formula is C9H8BrN5O4S. The lowest BCUT2D eigenvalue weighted by molar-refractivity contribution is 0.0696. The summed E-state index contributed by atoms with van der Waals surface area (Å²) in [5.41, 5.74) is -0.106. The van der Waals surface area contributed by atoms with Crippen molar-refractivity contribution < 1.29 is 18.3 Å². The van der Waals surface area contributed by atoms with Gasteiger partial charge in [0.25, 0.3) is 10.0 Å². The van der Waals surface area contributed by atoms with Crippen LogP contribution in [0.3, 0.4) is 0 Å². The number of nitrogens with zero attached hydrogens (tertiary/aromatic N) is 4. The maximum Gasteiger partial charge on any atom is 0.337 e. The van der Waals surface area contributed by atoms with Crippen LogP contribution in [0.2, 0.25) is 0 Å². The summed E-state index contributed by atoms with van der Waals surface area (Å²) in [5, 5.41) is 15.8. The number of carboxylic acid groups (broad SMARTS) is 1. The minimum atomic E-state index is -3.97. The third-order valence-electron chi connectivity index (χ3n) is 2.23. The van der Waals surface area contributed by atoms with Crippen LogP contribution in [0.5, 0.6) is 0 Å². The average molecular weight is 362 g/mol. The fourth-order valence-corrected chi connectivity index (χ4v) is 3.56. The summed E-state index contributed by atoms with van der Waals surface area (Å²) in [6.07, 6.45) is 2.31. The Balaban J connectivity index is 2.39. The average Bonchev–Trinajstić information content (AvgIpc) is 2.69. The topological polar surface area (TPSA) is 127 Å². The Morgan fingerprint density at radius 3 is 2.70 bits per heavy atom. The predicted octanol–water partition coefficient (Wildman–Crippen LogP) is 0.472. The lowest BCUT2D eigenvalue weighted by atomic mass is 10.3. The number of aromatic nitrogens is 4. The molecule has 2 heterocycles. The molecule has 20 heavy (non-hydrogen) atoms. The highest BCUT2D eigenvalue weighted by atomic mass is 79.9. The molecule has 0 saturated carbocycles. The molecule has 0 saturated heterocycles. The van der Waals surface area contributed by atoms with Crippen LogP contribution in [-0.2, 0) is 17.1 Å². The summed E-state index contributed by atoms with van der Waals surface area (Å²) in [4.78, 5) is 14.5. The molecule has 0 unspecified atom stereocenters. The van der Waals surface area contributed by atoms with E-state index in [1.165, 1.54) is 13.2 Å². The second-order valence-corrected chi connectivity index (χ2v) is 6.03. The van der Waals surface area contributed by atoms with Crippen molar-refractivity contribution in [3.8, 4) is 0 Å². The van der Waals surface area contributed by atoms with Crippen molar-refractivity contribution in [3.63, 3.8) is 0 Å². The minimum absolute atomic E-state index is 0.0259. The Morgan fingerprint density at radius 1 is 1.45 bits per heavy atom. The van der Waals surface area contributed by atoms with Crippen molar-refractivity contribution in [1.82, 2.24) is 20.0 Å². The molecule has 0 aliphatic carbocycles. The zero-order valence-electron chi connectivity index (χ0n) is 9.98.